The second-order valence-corrected chi connectivity index (χ2v) is 4.08. The molecule has 0 saturated heterocycles. The summed E-state index contributed by atoms with van der Waals surface area (Å²) in [4.78, 5) is 1.30. The largest absolute Gasteiger partial charge is 0.364 e. The molecular formula is C10H11N3S. The summed E-state index contributed by atoms with van der Waals surface area (Å²) in [7, 11) is 0. The van der Waals surface area contributed by atoms with E-state index in [0.29, 0.717) is 0 Å². The average molecular weight is 205 g/mol. The van der Waals surface area contributed by atoms with Gasteiger partial charge in [0, 0.05) is 4.88 Å². The van der Waals surface area contributed by atoms with E-state index in [4.69, 9.17) is 0 Å². The van der Waals surface area contributed by atoms with Gasteiger partial charge in [-0.15, -0.1) is 16.4 Å². The molecule has 2 rings (SSSR count). The first-order chi connectivity index (χ1) is 6.84. The molecule has 0 saturated carbocycles. The Kier molecular flexibility index (Phi) is 2.74. The summed E-state index contributed by atoms with van der Waals surface area (Å²) in [5.41, 5.74) is 1.12. The Morgan fingerprint density at radius 2 is 2.43 bits per heavy atom. The number of nitrogens with zero attached hydrogens (tertiary/aromatic N) is 2. The summed E-state index contributed by atoms with van der Waals surface area (Å²) >= 11 is 1.74. The molecule has 0 spiro atoms. The first kappa shape index (κ1) is 9.15. The highest BCUT2D eigenvalue weighted by atomic mass is 32.1. The summed E-state index contributed by atoms with van der Waals surface area (Å²) in [6, 6.07) is 6.13. The predicted molar refractivity (Wildman–Crippen MR) is 58.4 cm³/mol. The molecule has 0 unspecified atom stereocenters. The van der Waals surface area contributed by atoms with Crippen LogP contribution in [-0.2, 0) is 6.54 Å². The molecule has 0 radical (unpaired) electrons. The Labute approximate surface area is 86.8 Å². The monoisotopic (exact) mass is 205 g/mol. The number of thiophene rings is 1. The van der Waals surface area contributed by atoms with Crippen molar-refractivity contribution < 1.29 is 0 Å². The van der Waals surface area contributed by atoms with E-state index in [0.717, 1.165) is 17.9 Å². The Bertz CT molecular complexity index is 398. The van der Waals surface area contributed by atoms with Crippen LogP contribution in [0.25, 0.3) is 0 Å². The first-order valence-electron chi connectivity index (χ1n) is 4.40. The molecule has 2 aromatic rings. The van der Waals surface area contributed by atoms with E-state index in [-0.39, 0.29) is 0 Å². The minimum absolute atomic E-state index is 0.815. The standard InChI is InChI=1S/C10H11N3S/c1-8-5-10(13-12-6-8)11-7-9-3-2-4-14-9/h2-6H,7H2,1H3,(H,11,13). The Balaban J connectivity index is 1.98. The van der Waals surface area contributed by atoms with Crippen LogP contribution in [0.1, 0.15) is 10.4 Å². The van der Waals surface area contributed by atoms with E-state index >= 15 is 0 Å². The first-order valence-corrected chi connectivity index (χ1v) is 5.28. The molecular weight excluding hydrogens is 194 g/mol. The molecule has 1 N–H and O–H groups in total. The number of anilines is 1. The molecule has 0 atom stereocenters. The normalized spacial score (nSPS) is 10.1. The van der Waals surface area contributed by atoms with Gasteiger partial charge in [0.25, 0.3) is 0 Å². The Morgan fingerprint density at radius 1 is 1.50 bits per heavy atom. The second kappa shape index (κ2) is 4.19. The van der Waals surface area contributed by atoms with Gasteiger partial charge in [-0.2, -0.15) is 5.10 Å². The van der Waals surface area contributed by atoms with Gasteiger partial charge in [-0.1, -0.05) is 6.07 Å². The molecule has 0 aliphatic rings. The van der Waals surface area contributed by atoms with Gasteiger partial charge in [0.1, 0.15) is 5.82 Å². The predicted octanol–water partition coefficient (Wildman–Crippen LogP) is 2.46. The Morgan fingerprint density at radius 3 is 3.14 bits per heavy atom. The molecule has 14 heavy (non-hydrogen) atoms. The van der Waals surface area contributed by atoms with Gasteiger partial charge < -0.3 is 5.32 Å². The summed E-state index contributed by atoms with van der Waals surface area (Å²) in [6.45, 7) is 2.82. The highest BCUT2D eigenvalue weighted by Crippen LogP contribution is 2.11. The third-order valence-corrected chi connectivity index (χ3v) is 2.69. The van der Waals surface area contributed by atoms with Gasteiger partial charge in [0.05, 0.1) is 12.7 Å². The lowest BCUT2D eigenvalue weighted by Gasteiger charge is -2.02. The van der Waals surface area contributed by atoms with E-state index in [2.05, 4.69) is 27.0 Å². The lowest BCUT2D eigenvalue weighted by atomic mass is 10.3. The van der Waals surface area contributed by atoms with Crippen LogP contribution in [0.15, 0.2) is 29.8 Å². The molecule has 0 amide bonds. The van der Waals surface area contributed by atoms with Gasteiger partial charge in [-0.05, 0) is 30.0 Å². The minimum atomic E-state index is 0.815. The zero-order valence-electron chi connectivity index (χ0n) is 7.90. The minimum Gasteiger partial charge on any atom is -0.364 e. The molecule has 0 fully saturated rings. The highest BCUT2D eigenvalue weighted by molar-refractivity contribution is 7.09. The molecule has 3 nitrogen and oxygen atoms in total. The lowest BCUT2D eigenvalue weighted by molar-refractivity contribution is 0.993. The fourth-order valence-electron chi connectivity index (χ4n) is 1.14. The van der Waals surface area contributed by atoms with Gasteiger partial charge >= 0.3 is 0 Å². The van der Waals surface area contributed by atoms with E-state index in [1.54, 1.807) is 17.5 Å². The number of hydrogen-bond acceptors (Lipinski definition) is 4. The smallest absolute Gasteiger partial charge is 0.149 e. The van der Waals surface area contributed by atoms with Crippen LogP contribution in [0.5, 0.6) is 0 Å². The van der Waals surface area contributed by atoms with Gasteiger partial charge in [-0.3, -0.25) is 0 Å². The van der Waals surface area contributed by atoms with Crippen LogP contribution in [0.3, 0.4) is 0 Å². The summed E-state index contributed by atoms with van der Waals surface area (Å²) in [6.07, 6.45) is 1.75. The number of aryl methyl sites for hydroxylation is 1. The molecule has 2 heterocycles. The van der Waals surface area contributed by atoms with E-state index in [9.17, 15) is 0 Å². The second-order valence-electron chi connectivity index (χ2n) is 3.05. The number of aromatic nitrogens is 2. The molecule has 0 aliphatic heterocycles. The van der Waals surface area contributed by atoms with E-state index in [1.807, 2.05) is 19.1 Å². The van der Waals surface area contributed by atoms with Crippen molar-refractivity contribution in [3.8, 4) is 0 Å². The van der Waals surface area contributed by atoms with Crippen molar-refractivity contribution in [2.75, 3.05) is 5.32 Å². The number of rotatable bonds is 3. The van der Waals surface area contributed by atoms with Crippen LogP contribution < -0.4 is 5.32 Å². The number of nitrogens with one attached hydrogen (secondary N) is 1. The summed E-state index contributed by atoms with van der Waals surface area (Å²) < 4.78 is 0. The highest BCUT2D eigenvalue weighted by Gasteiger charge is 1.96. The summed E-state index contributed by atoms with van der Waals surface area (Å²) in [5.74, 6) is 0.832. The molecule has 2 aromatic heterocycles. The van der Waals surface area contributed by atoms with Crippen molar-refractivity contribution >= 4 is 17.2 Å². The van der Waals surface area contributed by atoms with Crippen LogP contribution in [0.4, 0.5) is 5.82 Å². The van der Waals surface area contributed by atoms with Gasteiger partial charge in [-0.25, -0.2) is 0 Å². The molecule has 72 valence electrons. The van der Waals surface area contributed by atoms with Crippen molar-refractivity contribution in [1.82, 2.24) is 10.2 Å². The van der Waals surface area contributed by atoms with Crippen molar-refractivity contribution in [3.05, 3.63) is 40.2 Å². The SMILES string of the molecule is Cc1cnnc(NCc2cccs2)c1. The molecule has 4 heteroatoms. The van der Waals surface area contributed by atoms with Crippen molar-refractivity contribution in [3.63, 3.8) is 0 Å². The third-order valence-electron chi connectivity index (χ3n) is 1.82. The Hall–Kier alpha value is -1.42. The molecule has 0 bridgehead atoms. The van der Waals surface area contributed by atoms with Crippen molar-refractivity contribution in [2.24, 2.45) is 0 Å². The maximum atomic E-state index is 3.98. The maximum Gasteiger partial charge on any atom is 0.149 e. The maximum absolute atomic E-state index is 3.98. The topological polar surface area (TPSA) is 37.8 Å². The van der Waals surface area contributed by atoms with Gasteiger partial charge in [0.2, 0.25) is 0 Å². The molecule has 0 aliphatic carbocycles. The summed E-state index contributed by atoms with van der Waals surface area (Å²) in [5, 5.41) is 13.2. The third kappa shape index (κ3) is 2.29. The fraction of sp³-hybridized carbons (Fsp3) is 0.200. The quantitative estimate of drug-likeness (QED) is 0.836. The van der Waals surface area contributed by atoms with Crippen LogP contribution in [0.2, 0.25) is 0 Å². The van der Waals surface area contributed by atoms with Crippen molar-refractivity contribution in [1.29, 1.82) is 0 Å². The zero-order chi connectivity index (χ0) is 9.80. The zero-order valence-corrected chi connectivity index (χ0v) is 8.71. The lowest BCUT2D eigenvalue weighted by Crippen LogP contribution is -2.00. The van der Waals surface area contributed by atoms with Crippen LogP contribution >= 0.6 is 11.3 Å². The van der Waals surface area contributed by atoms with E-state index < -0.39 is 0 Å². The fourth-order valence-corrected chi connectivity index (χ4v) is 1.79. The van der Waals surface area contributed by atoms with Crippen LogP contribution in [-0.4, -0.2) is 10.2 Å². The number of hydrogen-bond donors (Lipinski definition) is 1. The van der Waals surface area contributed by atoms with E-state index in [1.165, 1.54) is 4.88 Å². The molecule has 0 aromatic carbocycles. The van der Waals surface area contributed by atoms with Crippen LogP contribution in [0, 0.1) is 6.92 Å². The van der Waals surface area contributed by atoms with Crippen molar-refractivity contribution in [2.45, 2.75) is 13.5 Å². The van der Waals surface area contributed by atoms with Gasteiger partial charge in [0.15, 0.2) is 0 Å². The average Bonchev–Trinajstić information content (AvgIpc) is 2.67.